The number of rotatable bonds is 7. The van der Waals surface area contributed by atoms with Crippen LogP contribution in [0.4, 0.5) is 0 Å². The molecule has 1 fully saturated rings. The first kappa shape index (κ1) is 19.4. The molecule has 0 amide bonds. The number of nitrogens with one attached hydrogen (secondary N) is 1. The first-order chi connectivity index (χ1) is 13.3. The second-order valence-electron chi connectivity index (χ2n) is 6.92. The highest BCUT2D eigenvalue weighted by molar-refractivity contribution is 5.79. The molecular weight excluding hydrogens is 340 g/mol. The number of hydrogen-bond acceptors (Lipinski definition) is 4. The first-order valence-corrected chi connectivity index (χ1v) is 9.83. The molecule has 1 aromatic heterocycles. The van der Waals surface area contributed by atoms with Gasteiger partial charge in [0.15, 0.2) is 11.7 Å². The Labute approximate surface area is 161 Å². The van der Waals surface area contributed by atoms with Crippen molar-refractivity contribution < 1.29 is 9.15 Å². The molecule has 1 aromatic carbocycles. The van der Waals surface area contributed by atoms with E-state index in [0.717, 1.165) is 49.5 Å². The molecule has 0 saturated carbocycles. The van der Waals surface area contributed by atoms with Crippen LogP contribution < -0.4 is 5.32 Å². The summed E-state index contributed by atoms with van der Waals surface area (Å²) in [6.45, 7) is 6.13. The zero-order valence-electron chi connectivity index (χ0n) is 16.4. The highest BCUT2D eigenvalue weighted by Crippen LogP contribution is 2.20. The molecule has 3 rings (SSSR count). The van der Waals surface area contributed by atoms with Gasteiger partial charge in [-0.1, -0.05) is 30.3 Å². The molecule has 0 bridgehead atoms. The van der Waals surface area contributed by atoms with E-state index in [4.69, 9.17) is 14.1 Å². The summed E-state index contributed by atoms with van der Waals surface area (Å²) in [5.41, 5.74) is 1.03. The predicted octanol–water partition coefficient (Wildman–Crippen LogP) is 3.56. The fraction of sp³-hybridized carbons (Fsp3) is 0.524. The van der Waals surface area contributed by atoms with Gasteiger partial charge >= 0.3 is 0 Å². The Balaban J connectivity index is 1.57. The van der Waals surface area contributed by atoms with Crippen molar-refractivity contribution in [1.29, 1.82) is 0 Å². The van der Waals surface area contributed by atoms with Crippen LogP contribution in [0.3, 0.4) is 0 Å². The Hall–Kier alpha value is -2.34. The summed E-state index contributed by atoms with van der Waals surface area (Å²) in [6, 6.07) is 10.0. The molecule has 0 radical (unpaired) electrons. The summed E-state index contributed by atoms with van der Waals surface area (Å²) >= 11 is 0. The van der Waals surface area contributed by atoms with Crippen molar-refractivity contribution in [1.82, 2.24) is 15.2 Å². The molecule has 1 N–H and O–H groups in total. The van der Waals surface area contributed by atoms with Crippen LogP contribution in [0, 0.1) is 5.92 Å². The summed E-state index contributed by atoms with van der Waals surface area (Å²) in [5.74, 6) is 3.05. The monoisotopic (exact) mass is 370 g/mol. The van der Waals surface area contributed by atoms with Gasteiger partial charge in [0.05, 0.1) is 6.20 Å². The van der Waals surface area contributed by atoms with E-state index in [0.29, 0.717) is 12.4 Å². The minimum Gasteiger partial charge on any atom is -0.439 e. The van der Waals surface area contributed by atoms with Crippen molar-refractivity contribution >= 4 is 5.96 Å². The van der Waals surface area contributed by atoms with Gasteiger partial charge in [0.2, 0.25) is 5.89 Å². The lowest BCUT2D eigenvalue weighted by Crippen LogP contribution is -2.40. The maximum Gasteiger partial charge on any atom is 0.216 e. The standard InChI is InChI=1S/C21H30N4O2/c1-3-22-21(25(2)12-9-17-10-13-26-14-11-17)24-16-20-23-15-19(27-20)18-7-5-4-6-8-18/h4-8,15,17H,3,9-14,16H2,1-2H3,(H,22,24). The Morgan fingerprint density at radius 1 is 1.26 bits per heavy atom. The Bertz CT molecular complexity index is 708. The number of aromatic nitrogens is 1. The Kier molecular flexibility index (Phi) is 7.27. The maximum atomic E-state index is 5.85. The van der Waals surface area contributed by atoms with Crippen molar-refractivity contribution in [2.75, 3.05) is 33.4 Å². The molecule has 146 valence electrons. The van der Waals surface area contributed by atoms with E-state index in [1.807, 2.05) is 30.3 Å². The smallest absolute Gasteiger partial charge is 0.216 e. The zero-order valence-corrected chi connectivity index (χ0v) is 16.4. The fourth-order valence-electron chi connectivity index (χ4n) is 3.25. The molecule has 2 heterocycles. The molecule has 6 nitrogen and oxygen atoms in total. The van der Waals surface area contributed by atoms with Crippen LogP contribution in [0.5, 0.6) is 0 Å². The van der Waals surface area contributed by atoms with E-state index in [2.05, 4.69) is 29.2 Å². The lowest BCUT2D eigenvalue weighted by molar-refractivity contribution is 0.0625. The summed E-state index contributed by atoms with van der Waals surface area (Å²) < 4.78 is 11.3. The van der Waals surface area contributed by atoms with Crippen LogP contribution in [0.2, 0.25) is 0 Å². The molecule has 1 aliphatic rings. The average Bonchev–Trinajstić information content (AvgIpc) is 3.20. The van der Waals surface area contributed by atoms with Gasteiger partial charge in [-0.25, -0.2) is 9.98 Å². The maximum absolute atomic E-state index is 5.85. The Morgan fingerprint density at radius 3 is 2.78 bits per heavy atom. The number of hydrogen-bond donors (Lipinski definition) is 1. The van der Waals surface area contributed by atoms with Crippen LogP contribution in [0.1, 0.15) is 32.1 Å². The van der Waals surface area contributed by atoms with Crippen LogP contribution in [-0.4, -0.2) is 49.2 Å². The number of nitrogens with zero attached hydrogens (tertiary/aromatic N) is 3. The van der Waals surface area contributed by atoms with Crippen LogP contribution in [0.15, 0.2) is 45.9 Å². The van der Waals surface area contributed by atoms with E-state index in [-0.39, 0.29) is 0 Å². The second kappa shape index (κ2) is 10.1. The van der Waals surface area contributed by atoms with Crippen molar-refractivity contribution in [2.24, 2.45) is 10.9 Å². The highest BCUT2D eigenvalue weighted by atomic mass is 16.5. The van der Waals surface area contributed by atoms with Crippen LogP contribution >= 0.6 is 0 Å². The lowest BCUT2D eigenvalue weighted by Gasteiger charge is -2.26. The van der Waals surface area contributed by atoms with Crippen molar-refractivity contribution in [3.63, 3.8) is 0 Å². The number of ether oxygens (including phenoxy) is 1. The van der Waals surface area contributed by atoms with Gasteiger partial charge in [-0.2, -0.15) is 0 Å². The fourth-order valence-corrected chi connectivity index (χ4v) is 3.25. The van der Waals surface area contributed by atoms with E-state index >= 15 is 0 Å². The molecule has 0 spiro atoms. The molecule has 1 aliphatic heterocycles. The number of aliphatic imine (C=N–C) groups is 1. The molecule has 6 heteroatoms. The van der Waals surface area contributed by atoms with Gasteiger partial charge in [-0.3, -0.25) is 0 Å². The van der Waals surface area contributed by atoms with Gasteiger partial charge in [0, 0.05) is 38.9 Å². The summed E-state index contributed by atoms with van der Waals surface area (Å²) in [4.78, 5) is 11.3. The summed E-state index contributed by atoms with van der Waals surface area (Å²) in [6.07, 6.45) is 5.27. The van der Waals surface area contributed by atoms with Gasteiger partial charge in [0.25, 0.3) is 0 Å². The largest absolute Gasteiger partial charge is 0.439 e. The number of guanidine groups is 1. The van der Waals surface area contributed by atoms with Crippen molar-refractivity contribution in [3.05, 3.63) is 42.4 Å². The molecule has 1 saturated heterocycles. The zero-order chi connectivity index (χ0) is 18.9. The third-order valence-corrected chi connectivity index (χ3v) is 4.89. The Morgan fingerprint density at radius 2 is 2.04 bits per heavy atom. The number of oxazole rings is 1. The minimum atomic E-state index is 0.427. The molecular formula is C21H30N4O2. The lowest BCUT2D eigenvalue weighted by atomic mass is 9.96. The van der Waals surface area contributed by atoms with Gasteiger partial charge in [-0.15, -0.1) is 0 Å². The quantitative estimate of drug-likeness (QED) is 0.596. The molecule has 0 unspecified atom stereocenters. The SMILES string of the molecule is CCNC(=NCc1ncc(-c2ccccc2)o1)N(C)CCC1CCOCC1. The summed E-state index contributed by atoms with van der Waals surface area (Å²) in [7, 11) is 2.09. The average molecular weight is 370 g/mol. The molecule has 0 atom stereocenters. The normalized spacial score (nSPS) is 15.7. The highest BCUT2D eigenvalue weighted by Gasteiger charge is 2.15. The van der Waals surface area contributed by atoms with Gasteiger partial charge in [-0.05, 0) is 32.1 Å². The van der Waals surface area contributed by atoms with E-state index in [1.165, 1.54) is 19.3 Å². The van der Waals surface area contributed by atoms with E-state index < -0.39 is 0 Å². The third-order valence-electron chi connectivity index (χ3n) is 4.89. The first-order valence-electron chi connectivity index (χ1n) is 9.83. The molecule has 27 heavy (non-hydrogen) atoms. The second-order valence-corrected chi connectivity index (χ2v) is 6.92. The topological polar surface area (TPSA) is 62.9 Å². The molecule has 2 aromatic rings. The van der Waals surface area contributed by atoms with Crippen LogP contribution in [-0.2, 0) is 11.3 Å². The van der Waals surface area contributed by atoms with E-state index in [9.17, 15) is 0 Å². The van der Waals surface area contributed by atoms with Crippen molar-refractivity contribution in [3.8, 4) is 11.3 Å². The van der Waals surface area contributed by atoms with Crippen molar-refractivity contribution in [2.45, 2.75) is 32.7 Å². The van der Waals surface area contributed by atoms with Gasteiger partial charge < -0.3 is 19.4 Å². The minimum absolute atomic E-state index is 0.427. The number of benzene rings is 1. The predicted molar refractivity (Wildman–Crippen MR) is 108 cm³/mol. The van der Waals surface area contributed by atoms with Crippen LogP contribution in [0.25, 0.3) is 11.3 Å². The van der Waals surface area contributed by atoms with Gasteiger partial charge in [0.1, 0.15) is 6.54 Å². The summed E-state index contributed by atoms with van der Waals surface area (Å²) in [5, 5.41) is 3.36. The molecule has 0 aliphatic carbocycles. The third kappa shape index (κ3) is 5.82. The van der Waals surface area contributed by atoms with E-state index in [1.54, 1.807) is 6.20 Å².